The van der Waals surface area contributed by atoms with Gasteiger partial charge in [0.2, 0.25) is 5.91 Å². The van der Waals surface area contributed by atoms with Crippen molar-refractivity contribution in [2.45, 2.75) is 78.1 Å². The molecule has 1 amide bonds. The predicted molar refractivity (Wildman–Crippen MR) is 77.6 cm³/mol. The number of unbranched alkanes of at least 4 members (excludes halogenated alkanes) is 6. The molecule has 2 heteroatoms. The summed E-state index contributed by atoms with van der Waals surface area (Å²) in [6.07, 6.45) is 12.2. The molecule has 0 aromatic carbocycles. The Kier molecular flexibility index (Phi) is 8.11. The monoisotopic (exact) mass is 253 g/mol. The summed E-state index contributed by atoms with van der Waals surface area (Å²) in [5.74, 6) is 1.21. The van der Waals surface area contributed by atoms with Gasteiger partial charge in [-0.15, -0.1) is 0 Å². The molecule has 0 bridgehead atoms. The molecule has 0 aromatic rings. The first kappa shape index (κ1) is 15.5. The van der Waals surface area contributed by atoms with Crippen LogP contribution in [-0.4, -0.2) is 23.9 Å². The lowest BCUT2D eigenvalue weighted by Crippen LogP contribution is -2.37. The van der Waals surface area contributed by atoms with Crippen LogP contribution >= 0.6 is 0 Å². The second kappa shape index (κ2) is 9.41. The SMILES string of the molecule is CCCCCCCCCC(=O)N1CCC(C)CC1. The Balaban J connectivity index is 1.96. The van der Waals surface area contributed by atoms with Crippen LogP contribution in [0.3, 0.4) is 0 Å². The molecule has 0 spiro atoms. The van der Waals surface area contributed by atoms with Gasteiger partial charge < -0.3 is 4.90 Å². The lowest BCUT2D eigenvalue weighted by atomic mass is 9.99. The summed E-state index contributed by atoms with van der Waals surface area (Å²) in [7, 11) is 0. The minimum absolute atomic E-state index is 0.399. The van der Waals surface area contributed by atoms with Gasteiger partial charge in [0, 0.05) is 19.5 Å². The van der Waals surface area contributed by atoms with E-state index in [9.17, 15) is 4.79 Å². The van der Waals surface area contributed by atoms with Crippen LogP contribution in [0.5, 0.6) is 0 Å². The highest BCUT2D eigenvalue weighted by Gasteiger charge is 2.19. The zero-order chi connectivity index (χ0) is 13.2. The molecular weight excluding hydrogens is 222 g/mol. The fourth-order valence-corrected chi connectivity index (χ4v) is 2.65. The van der Waals surface area contributed by atoms with E-state index in [2.05, 4.69) is 18.7 Å². The van der Waals surface area contributed by atoms with Crippen molar-refractivity contribution in [2.75, 3.05) is 13.1 Å². The van der Waals surface area contributed by atoms with Crippen LogP contribution in [0.15, 0.2) is 0 Å². The van der Waals surface area contributed by atoms with E-state index in [-0.39, 0.29) is 0 Å². The molecule has 18 heavy (non-hydrogen) atoms. The van der Waals surface area contributed by atoms with Crippen LogP contribution in [-0.2, 0) is 4.79 Å². The van der Waals surface area contributed by atoms with Gasteiger partial charge in [-0.2, -0.15) is 0 Å². The number of amides is 1. The van der Waals surface area contributed by atoms with Crippen molar-refractivity contribution in [2.24, 2.45) is 5.92 Å². The van der Waals surface area contributed by atoms with Crippen LogP contribution in [0.25, 0.3) is 0 Å². The Labute approximate surface area is 113 Å². The quantitative estimate of drug-likeness (QED) is 0.588. The molecule has 0 unspecified atom stereocenters. The highest BCUT2D eigenvalue weighted by Crippen LogP contribution is 2.17. The third-order valence-electron chi connectivity index (χ3n) is 4.13. The van der Waals surface area contributed by atoms with Gasteiger partial charge in [0.1, 0.15) is 0 Å². The van der Waals surface area contributed by atoms with Crippen molar-refractivity contribution in [3.05, 3.63) is 0 Å². The van der Waals surface area contributed by atoms with Crippen LogP contribution in [0, 0.1) is 5.92 Å². The molecule has 1 fully saturated rings. The van der Waals surface area contributed by atoms with E-state index in [1.165, 1.54) is 51.4 Å². The first-order valence-electron chi connectivity index (χ1n) is 8.01. The van der Waals surface area contributed by atoms with Gasteiger partial charge in [-0.3, -0.25) is 4.79 Å². The first-order chi connectivity index (χ1) is 8.74. The summed E-state index contributed by atoms with van der Waals surface area (Å²) in [6, 6.07) is 0. The highest BCUT2D eigenvalue weighted by atomic mass is 16.2. The van der Waals surface area contributed by atoms with Crippen LogP contribution in [0.4, 0.5) is 0 Å². The molecule has 1 heterocycles. The molecule has 0 atom stereocenters. The molecule has 2 nitrogen and oxygen atoms in total. The zero-order valence-corrected chi connectivity index (χ0v) is 12.4. The lowest BCUT2D eigenvalue weighted by molar-refractivity contribution is -0.132. The fourth-order valence-electron chi connectivity index (χ4n) is 2.65. The molecular formula is C16H31NO. The van der Waals surface area contributed by atoms with E-state index in [1.54, 1.807) is 0 Å². The Morgan fingerprint density at radius 1 is 1.00 bits per heavy atom. The zero-order valence-electron chi connectivity index (χ0n) is 12.4. The van der Waals surface area contributed by atoms with Gasteiger partial charge in [0.15, 0.2) is 0 Å². The van der Waals surface area contributed by atoms with Crippen LogP contribution in [0.2, 0.25) is 0 Å². The first-order valence-corrected chi connectivity index (χ1v) is 8.01. The standard InChI is InChI=1S/C16H31NO/c1-3-4-5-6-7-8-9-10-16(18)17-13-11-15(2)12-14-17/h15H,3-14H2,1-2H3. The van der Waals surface area contributed by atoms with Crippen molar-refractivity contribution < 1.29 is 4.79 Å². The minimum Gasteiger partial charge on any atom is -0.343 e. The second-order valence-corrected chi connectivity index (χ2v) is 5.93. The van der Waals surface area contributed by atoms with E-state index in [1.807, 2.05) is 0 Å². The summed E-state index contributed by atoms with van der Waals surface area (Å²) in [5.41, 5.74) is 0. The molecule has 106 valence electrons. The van der Waals surface area contributed by atoms with Crippen molar-refractivity contribution in [3.63, 3.8) is 0 Å². The summed E-state index contributed by atoms with van der Waals surface area (Å²) >= 11 is 0. The molecule has 0 saturated carbocycles. The molecule has 1 aliphatic rings. The number of carbonyl (C=O) groups excluding carboxylic acids is 1. The minimum atomic E-state index is 0.399. The molecule has 1 rings (SSSR count). The average Bonchev–Trinajstić information content (AvgIpc) is 2.38. The van der Waals surface area contributed by atoms with Gasteiger partial charge in [-0.05, 0) is 25.2 Å². The van der Waals surface area contributed by atoms with E-state index >= 15 is 0 Å². The van der Waals surface area contributed by atoms with Gasteiger partial charge in [-0.1, -0.05) is 52.4 Å². The van der Waals surface area contributed by atoms with Gasteiger partial charge in [0.05, 0.1) is 0 Å². The summed E-state index contributed by atoms with van der Waals surface area (Å²) in [4.78, 5) is 14.0. The van der Waals surface area contributed by atoms with Gasteiger partial charge in [0.25, 0.3) is 0 Å². The molecule has 0 N–H and O–H groups in total. The Morgan fingerprint density at radius 3 is 2.17 bits per heavy atom. The number of likely N-dealkylation sites (tertiary alicyclic amines) is 1. The van der Waals surface area contributed by atoms with E-state index in [4.69, 9.17) is 0 Å². The summed E-state index contributed by atoms with van der Waals surface area (Å²) < 4.78 is 0. The number of piperidine rings is 1. The van der Waals surface area contributed by atoms with Crippen molar-refractivity contribution >= 4 is 5.91 Å². The number of hydrogen-bond acceptors (Lipinski definition) is 1. The molecule has 1 aliphatic heterocycles. The van der Waals surface area contributed by atoms with Crippen LogP contribution in [0.1, 0.15) is 78.1 Å². The van der Waals surface area contributed by atoms with Gasteiger partial charge >= 0.3 is 0 Å². The Morgan fingerprint density at radius 2 is 1.56 bits per heavy atom. The largest absolute Gasteiger partial charge is 0.343 e. The summed E-state index contributed by atoms with van der Waals surface area (Å²) in [5, 5.41) is 0. The predicted octanol–water partition coefficient (Wildman–Crippen LogP) is 4.39. The molecule has 0 aliphatic carbocycles. The maximum atomic E-state index is 12.0. The molecule has 0 radical (unpaired) electrons. The Hall–Kier alpha value is -0.530. The number of hydrogen-bond donors (Lipinski definition) is 0. The number of carbonyl (C=O) groups is 1. The second-order valence-electron chi connectivity index (χ2n) is 5.93. The van der Waals surface area contributed by atoms with Crippen molar-refractivity contribution in [1.82, 2.24) is 4.90 Å². The number of nitrogens with zero attached hydrogens (tertiary/aromatic N) is 1. The van der Waals surface area contributed by atoms with Gasteiger partial charge in [-0.25, -0.2) is 0 Å². The maximum Gasteiger partial charge on any atom is 0.222 e. The highest BCUT2D eigenvalue weighted by molar-refractivity contribution is 5.76. The Bertz CT molecular complexity index is 219. The molecule has 1 saturated heterocycles. The molecule has 0 aromatic heterocycles. The van der Waals surface area contributed by atoms with E-state index < -0.39 is 0 Å². The van der Waals surface area contributed by atoms with Crippen molar-refractivity contribution in [3.8, 4) is 0 Å². The average molecular weight is 253 g/mol. The number of rotatable bonds is 8. The smallest absolute Gasteiger partial charge is 0.222 e. The normalized spacial score (nSPS) is 17.1. The maximum absolute atomic E-state index is 12.0. The van der Waals surface area contributed by atoms with Crippen LogP contribution < -0.4 is 0 Å². The van der Waals surface area contributed by atoms with E-state index in [0.717, 1.165) is 31.8 Å². The third-order valence-corrected chi connectivity index (χ3v) is 4.13. The lowest BCUT2D eigenvalue weighted by Gasteiger charge is -2.30. The van der Waals surface area contributed by atoms with Crippen molar-refractivity contribution in [1.29, 1.82) is 0 Å². The fraction of sp³-hybridized carbons (Fsp3) is 0.938. The third kappa shape index (κ3) is 6.42. The summed E-state index contributed by atoms with van der Waals surface area (Å²) in [6.45, 7) is 6.53. The van der Waals surface area contributed by atoms with E-state index in [0.29, 0.717) is 5.91 Å². The topological polar surface area (TPSA) is 20.3 Å².